The SMILES string of the molecule is CC(C)(C)C[C@H](OC(=O)NC(C)(C)C)C(=O)N[C@@H](C[C@@H]1CCCNC1=O)C(N)=O. The molecule has 0 aromatic carbocycles. The van der Waals surface area contributed by atoms with Crippen LogP contribution in [0.2, 0.25) is 0 Å². The third-order valence-corrected chi connectivity index (χ3v) is 4.40. The van der Waals surface area contributed by atoms with Crippen LogP contribution in [0.25, 0.3) is 0 Å². The molecule has 5 N–H and O–H groups in total. The average molecular weight is 413 g/mol. The van der Waals surface area contributed by atoms with E-state index in [1.165, 1.54) is 0 Å². The van der Waals surface area contributed by atoms with Crippen LogP contribution in [0, 0.1) is 11.3 Å². The molecule has 0 radical (unpaired) electrons. The van der Waals surface area contributed by atoms with Gasteiger partial charge in [0.1, 0.15) is 6.04 Å². The number of carbonyl (C=O) groups excluding carboxylic acids is 4. The Bertz CT molecular complexity index is 621. The van der Waals surface area contributed by atoms with Gasteiger partial charge < -0.3 is 26.4 Å². The van der Waals surface area contributed by atoms with Crippen LogP contribution in [0.4, 0.5) is 4.79 Å². The second-order valence-electron chi connectivity index (χ2n) is 9.86. The van der Waals surface area contributed by atoms with Gasteiger partial charge in [0.15, 0.2) is 6.10 Å². The Kier molecular flexibility index (Phi) is 8.47. The highest BCUT2D eigenvalue weighted by Crippen LogP contribution is 2.23. The fraction of sp³-hybridized carbons (Fsp3) is 0.800. The van der Waals surface area contributed by atoms with Crippen LogP contribution in [0.3, 0.4) is 0 Å². The maximum absolute atomic E-state index is 12.8. The molecule has 9 heteroatoms. The monoisotopic (exact) mass is 412 g/mol. The summed E-state index contributed by atoms with van der Waals surface area (Å²) in [7, 11) is 0. The largest absolute Gasteiger partial charge is 0.436 e. The van der Waals surface area contributed by atoms with Crippen LogP contribution in [-0.2, 0) is 19.1 Å². The minimum atomic E-state index is -1.10. The van der Waals surface area contributed by atoms with Crippen molar-refractivity contribution in [3.8, 4) is 0 Å². The summed E-state index contributed by atoms with van der Waals surface area (Å²) in [6, 6.07) is -1.02. The van der Waals surface area contributed by atoms with Crippen molar-refractivity contribution >= 4 is 23.8 Å². The van der Waals surface area contributed by atoms with Crippen LogP contribution in [-0.4, -0.2) is 48.0 Å². The zero-order valence-electron chi connectivity index (χ0n) is 18.4. The number of piperidine rings is 1. The van der Waals surface area contributed by atoms with Crippen LogP contribution >= 0.6 is 0 Å². The van der Waals surface area contributed by atoms with Gasteiger partial charge in [0.05, 0.1) is 0 Å². The van der Waals surface area contributed by atoms with E-state index in [1.54, 1.807) is 20.8 Å². The number of nitrogens with two attached hydrogens (primary N) is 1. The topological polar surface area (TPSA) is 140 Å². The highest BCUT2D eigenvalue weighted by molar-refractivity contribution is 5.90. The first-order valence-electron chi connectivity index (χ1n) is 10.0. The summed E-state index contributed by atoms with van der Waals surface area (Å²) >= 11 is 0. The number of carbonyl (C=O) groups is 4. The number of primary amides is 1. The van der Waals surface area contributed by atoms with E-state index in [0.717, 1.165) is 6.42 Å². The molecule has 29 heavy (non-hydrogen) atoms. The standard InChI is InChI=1S/C20H36N4O5/c1-19(2,3)11-14(29-18(28)24-20(4,5)6)17(27)23-13(15(21)25)10-12-8-7-9-22-16(12)26/h12-14H,7-11H2,1-6H3,(H2,21,25)(H,22,26)(H,23,27)(H,24,28)/t12-,13-,14-/m0/s1. The lowest BCUT2D eigenvalue weighted by Gasteiger charge is -2.29. The van der Waals surface area contributed by atoms with Crippen LogP contribution in [0.15, 0.2) is 0 Å². The minimum Gasteiger partial charge on any atom is -0.436 e. The lowest BCUT2D eigenvalue weighted by molar-refractivity contribution is -0.135. The maximum Gasteiger partial charge on any atom is 0.408 e. The van der Waals surface area contributed by atoms with Gasteiger partial charge >= 0.3 is 6.09 Å². The van der Waals surface area contributed by atoms with E-state index in [-0.39, 0.29) is 24.2 Å². The van der Waals surface area contributed by atoms with Gasteiger partial charge in [0, 0.05) is 18.0 Å². The zero-order valence-corrected chi connectivity index (χ0v) is 18.4. The van der Waals surface area contributed by atoms with E-state index < -0.39 is 41.5 Å². The van der Waals surface area contributed by atoms with E-state index in [9.17, 15) is 19.2 Å². The molecule has 0 aromatic heterocycles. The van der Waals surface area contributed by atoms with Gasteiger partial charge in [-0.25, -0.2) is 4.79 Å². The second-order valence-corrected chi connectivity index (χ2v) is 9.86. The first-order chi connectivity index (χ1) is 13.2. The summed E-state index contributed by atoms with van der Waals surface area (Å²) in [5.41, 5.74) is 4.62. The molecule has 0 bridgehead atoms. The molecule has 9 nitrogen and oxygen atoms in total. The third kappa shape index (κ3) is 9.62. The molecule has 1 fully saturated rings. The summed E-state index contributed by atoms with van der Waals surface area (Å²) in [4.78, 5) is 48.9. The molecular formula is C20H36N4O5. The van der Waals surface area contributed by atoms with Gasteiger partial charge in [-0.15, -0.1) is 0 Å². The molecule has 1 saturated heterocycles. The number of alkyl carbamates (subject to hydrolysis) is 1. The number of rotatable bonds is 7. The van der Waals surface area contributed by atoms with Crippen molar-refractivity contribution in [2.24, 2.45) is 17.1 Å². The van der Waals surface area contributed by atoms with Crippen molar-refractivity contribution in [2.45, 2.75) is 84.9 Å². The maximum atomic E-state index is 12.8. The van der Waals surface area contributed by atoms with Gasteiger partial charge in [-0.2, -0.15) is 0 Å². The third-order valence-electron chi connectivity index (χ3n) is 4.40. The quantitative estimate of drug-likeness (QED) is 0.497. The van der Waals surface area contributed by atoms with Crippen LogP contribution < -0.4 is 21.7 Å². The van der Waals surface area contributed by atoms with Crippen molar-refractivity contribution in [3.05, 3.63) is 0 Å². The lowest BCUT2D eigenvalue weighted by Crippen LogP contribution is -2.52. The van der Waals surface area contributed by atoms with Crippen molar-refractivity contribution in [1.82, 2.24) is 16.0 Å². The molecule has 1 rings (SSSR count). The predicted molar refractivity (Wildman–Crippen MR) is 109 cm³/mol. The fourth-order valence-electron chi connectivity index (χ4n) is 3.06. The Labute approximate surface area is 172 Å². The number of ether oxygens (including phenoxy) is 1. The van der Waals surface area contributed by atoms with Gasteiger partial charge in [-0.05, 0) is 51.9 Å². The number of nitrogens with one attached hydrogen (secondary N) is 3. The van der Waals surface area contributed by atoms with E-state index in [4.69, 9.17) is 10.5 Å². The van der Waals surface area contributed by atoms with Crippen molar-refractivity contribution < 1.29 is 23.9 Å². The Morgan fingerprint density at radius 2 is 1.83 bits per heavy atom. The van der Waals surface area contributed by atoms with Gasteiger partial charge in [-0.3, -0.25) is 14.4 Å². The second kappa shape index (κ2) is 9.93. The average Bonchev–Trinajstić information content (AvgIpc) is 2.52. The smallest absolute Gasteiger partial charge is 0.408 e. The normalized spacial score (nSPS) is 19.5. The summed E-state index contributed by atoms with van der Waals surface area (Å²) < 4.78 is 5.36. The molecule has 0 spiro atoms. The van der Waals surface area contributed by atoms with Crippen molar-refractivity contribution in [2.75, 3.05) is 6.54 Å². The van der Waals surface area contributed by atoms with E-state index in [2.05, 4.69) is 16.0 Å². The molecule has 4 amide bonds. The lowest BCUT2D eigenvalue weighted by atomic mass is 9.88. The Balaban J connectivity index is 2.87. The fourth-order valence-corrected chi connectivity index (χ4v) is 3.06. The summed E-state index contributed by atoms with van der Waals surface area (Å²) in [5.74, 6) is -1.88. The van der Waals surface area contributed by atoms with Crippen molar-refractivity contribution in [1.29, 1.82) is 0 Å². The molecule has 1 heterocycles. The Hall–Kier alpha value is -2.32. The molecule has 0 saturated carbocycles. The summed E-state index contributed by atoms with van der Waals surface area (Å²) in [6.07, 6.45) is -0.0155. The first kappa shape index (κ1) is 24.7. The van der Waals surface area contributed by atoms with Gasteiger partial charge in [-0.1, -0.05) is 20.8 Å². The van der Waals surface area contributed by atoms with E-state index >= 15 is 0 Å². The number of amides is 4. The first-order valence-corrected chi connectivity index (χ1v) is 10.0. The van der Waals surface area contributed by atoms with Gasteiger partial charge in [0.2, 0.25) is 11.8 Å². The molecule has 166 valence electrons. The minimum absolute atomic E-state index is 0.114. The molecular weight excluding hydrogens is 376 g/mol. The van der Waals surface area contributed by atoms with Crippen LogP contribution in [0.5, 0.6) is 0 Å². The van der Waals surface area contributed by atoms with E-state index in [1.807, 2.05) is 20.8 Å². The molecule has 0 unspecified atom stereocenters. The zero-order chi connectivity index (χ0) is 22.4. The highest BCUT2D eigenvalue weighted by Gasteiger charge is 2.34. The Morgan fingerprint density at radius 1 is 1.21 bits per heavy atom. The van der Waals surface area contributed by atoms with Crippen LogP contribution in [0.1, 0.15) is 67.2 Å². The summed E-state index contributed by atoms with van der Waals surface area (Å²) in [6.45, 7) is 11.7. The highest BCUT2D eigenvalue weighted by atomic mass is 16.6. The predicted octanol–water partition coefficient (Wildman–Crippen LogP) is 1.20. The molecule has 0 aliphatic carbocycles. The molecule has 1 aliphatic heterocycles. The number of hydrogen-bond acceptors (Lipinski definition) is 5. The van der Waals surface area contributed by atoms with E-state index in [0.29, 0.717) is 13.0 Å². The van der Waals surface area contributed by atoms with Crippen molar-refractivity contribution in [3.63, 3.8) is 0 Å². The molecule has 0 aromatic rings. The number of hydrogen-bond donors (Lipinski definition) is 4. The Morgan fingerprint density at radius 3 is 2.31 bits per heavy atom. The molecule has 3 atom stereocenters. The van der Waals surface area contributed by atoms with Gasteiger partial charge in [0.25, 0.3) is 5.91 Å². The molecule has 1 aliphatic rings. The summed E-state index contributed by atoms with van der Waals surface area (Å²) in [5, 5.41) is 7.98.